The Hall–Kier alpha value is -2.08. The Balaban J connectivity index is 1.38. The van der Waals surface area contributed by atoms with Crippen molar-refractivity contribution < 1.29 is 17.6 Å². The molecule has 2 aromatic rings. The summed E-state index contributed by atoms with van der Waals surface area (Å²) in [5.74, 6) is 0.565. The minimum Gasteiger partial charge on any atom is -0.468 e. The van der Waals surface area contributed by atoms with Crippen LogP contribution in [0.5, 0.6) is 0 Å². The monoisotopic (exact) mass is 389 g/mol. The fourth-order valence-corrected chi connectivity index (χ4v) is 5.31. The molecule has 1 aromatic carbocycles. The van der Waals surface area contributed by atoms with Crippen molar-refractivity contribution in [2.24, 2.45) is 0 Å². The molecule has 2 heterocycles. The number of furan rings is 1. The number of likely N-dealkylation sites (tertiary alicyclic amines) is 1. The Bertz CT molecular complexity index is 807. The van der Waals surface area contributed by atoms with Crippen LogP contribution in [0.3, 0.4) is 0 Å². The zero-order valence-corrected chi connectivity index (χ0v) is 16.4. The number of sulfone groups is 1. The Morgan fingerprint density at radius 1 is 1.04 bits per heavy atom. The van der Waals surface area contributed by atoms with Crippen LogP contribution in [0.1, 0.15) is 43.4 Å². The lowest BCUT2D eigenvalue weighted by Crippen LogP contribution is -2.42. The van der Waals surface area contributed by atoms with E-state index >= 15 is 0 Å². The number of piperidine rings is 1. The van der Waals surface area contributed by atoms with Crippen molar-refractivity contribution in [2.45, 2.75) is 49.5 Å². The van der Waals surface area contributed by atoms with Crippen molar-refractivity contribution in [2.75, 3.05) is 13.1 Å². The van der Waals surface area contributed by atoms with Crippen LogP contribution in [0, 0.1) is 0 Å². The predicted molar refractivity (Wildman–Crippen MR) is 105 cm³/mol. The molecule has 1 fully saturated rings. The van der Waals surface area contributed by atoms with Gasteiger partial charge in [-0.25, -0.2) is 8.42 Å². The number of nitrogens with zero attached hydrogens (tertiary/aromatic N) is 1. The summed E-state index contributed by atoms with van der Waals surface area (Å²) < 4.78 is 30.2. The van der Waals surface area contributed by atoms with Crippen LogP contribution in [0.25, 0.3) is 0 Å². The van der Waals surface area contributed by atoms with Crippen LogP contribution >= 0.6 is 0 Å². The summed E-state index contributed by atoms with van der Waals surface area (Å²) in [4.78, 5) is 14.2. The molecular formula is C21H27NO4S. The molecule has 1 aliphatic heterocycles. The zero-order valence-electron chi connectivity index (χ0n) is 15.5. The van der Waals surface area contributed by atoms with Gasteiger partial charge in [0.15, 0.2) is 9.84 Å². The van der Waals surface area contributed by atoms with Crippen molar-refractivity contribution in [3.63, 3.8) is 0 Å². The first-order chi connectivity index (χ1) is 13.0. The minimum atomic E-state index is -3.24. The molecule has 3 rings (SSSR count). The molecule has 0 aliphatic carbocycles. The molecule has 27 heavy (non-hydrogen) atoms. The largest absolute Gasteiger partial charge is 0.468 e. The average molecular weight is 390 g/mol. The number of hydrogen-bond donors (Lipinski definition) is 0. The Labute approximate surface area is 161 Å². The molecule has 0 spiro atoms. The first-order valence-electron chi connectivity index (χ1n) is 9.60. The smallest absolute Gasteiger partial charge is 0.222 e. The molecule has 1 aromatic heterocycles. The third-order valence-corrected chi connectivity index (χ3v) is 7.35. The normalized spacial score (nSPS) is 15.8. The van der Waals surface area contributed by atoms with Gasteiger partial charge in [-0.05, 0) is 49.8 Å². The molecule has 0 N–H and O–H groups in total. The summed E-state index contributed by atoms with van der Waals surface area (Å²) in [6.07, 6.45) is 5.90. The number of hydrogen-bond acceptors (Lipinski definition) is 4. The summed E-state index contributed by atoms with van der Waals surface area (Å²) in [7, 11) is -3.24. The second-order valence-electron chi connectivity index (χ2n) is 7.16. The van der Waals surface area contributed by atoms with Crippen LogP contribution in [0.15, 0.2) is 53.1 Å². The Morgan fingerprint density at radius 2 is 1.78 bits per heavy atom. The molecule has 1 aliphatic rings. The lowest BCUT2D eigenvalue weighted by Gasteiger charge is -2.31. The summed E-state index contributed by atoms with van der Waals surface area (Å²) in [5, 5.41) is -0.385. The molecule has 0 saturated carbocycles. The summed E-state index contributed by atoms with van der Waals surface area (Å²) >= 11 is 0. The molecule has 0 radical (unpaired) electrons. The van der Waals surface area contributed by atoms with Crippen LogP contribution in [0.2, 0.25) is 0 Å². The highest BCUT2D eigenvalue weighted by Gasteiger charge is 2.31. The molecule has 0 bridgehead atoms. The van der Waals surface area contributed by atoms with Crippen LogP contribution in [-0.2, 0) is 26.8 Å². The van der Waals surface area contributed by atoms with Gasteiger partial charge in [-0.3, -0.25) is 4.79 Å². The van der Waals surface area contributed by atoms with Crippen LogP contribution in [0.4, 0.5) is 0 Å². The number of aryl methyl sites for hydroxylation is 1. The zero-order chi connectivity index (χ0) is 19.1. The summed E-state index contributed by atoms with van der Waals surface area (Å²) in [6.45, 7) is 1.05. The van der Waals surface area contributed by atoms with Crippen molar-refractivity contribution in [3.8, 4) is 0 Å². The van der Waals surface area contributed by atoms with Crippen molar-refractivity contribution >= 4 is 15.7 Å². The highest BCUT2D eigenvalue weighted by atomic mass is 32.2. The molecule has 6 heteroatoms. The highest BCUT2D eigenvalue weighted by Crippen LogP contribution is 2.22. The van der Waals surface area contributed by atoms with E-state index in [2.05, 4.69) is 12.1 Å². The van der Waals surface area contributed by atoms with E-state index in [9.17, 15) is 13.2 Å². The maximum Gasteiger partial charge on any atom is 0.222 e. The van der Waals surface area contributed by atoms with Gasteiger partial charge in [0, 0.05) is 19.5 Å². The van der Waals surface area contributed by atoms with Crippen LogP contribution in [-0.4, -0.2) is 37.6 Å². The van der Waals surface area contributed by atoms with E-state index in [1.54, 1.807) is 12.1 Å². The standard InChI is InChI=1S/C21H27NO4S/c23-21(11-5-4-9-18-7-2-1-3-8-18)22-14-12-20(13-15-22)27(24,25)17-19-10-6-16-26-19/h1-3,6-8,10,16,20H,4-5,9,11-15,17H2. The Kier molecular flexibility index (Phi) is 6.72. The van der Waals surface area contributed by atoms with Gasteiger partial charge >= 0.3 is 0 Å². The minimum absolute atomic E-state index is 0.0574. The number of carbonyl (C=O) groups excluding carboxylic acids is 1. The molecule has 5 nitrogen and oxygen atoms in total. The molecule has 1 saturated heterocycles. The number of benzene rings is 1. The van der Waals surface area contributed by atoms with Gasteiger partial charge in [0.2, 0.25) is 5.91 Å². The third-order valence-electron chi connectivity index (χ3n) is 5.18. The molecule has 146 valence electrons. The lowest BCUT2D eigenvalue weighted by atomic mass is 10.1. The number of amides is 1. The average Bonchev–Trinajstić information content (AvgIpc) is 3.18. The lowest BCUT2D eigenvalue weighted by molar-refractivity contribution is -0.132. The van der Waals surface area contributed by atoms with Crippen LogP contribution < -0.4 is 0 Å². The van der Waals surface area contributed by atoms with E-state index in [4.69, 9.17) is 4.42 Å². The fourth-order valence-electron chi connectivity index (χ4n) is 3.58. The topological polar surface area (TPSA) is 67.6 Å². The third kappa shape index (κ3) is 5.70. The predicted octanol–water partition coefficient (Wildman–Crippen LogP) is 3.60. The number of rotatable bonds is 8. The second-order valence-corrected chi connectivity index (χ2v) is 9.44. The van der Waals surface area contributed by atoms with Crippen molar-refractivity contribution in [1.29, 1.82) is 0 Å². The van der Waals surface area contributed by atoms with E-state index in [1.807, 2.05) is 23.1 Å². The van der Waals surface area contributed by atoms with Gasteiger partial charge in [-0.2, -0.15) is 0 Å². The molecule has 0 unspecified atom stereocenters. The highest BCUT2D eigenvalue weighted by molar-refractivity contribution is 7.91. The van der Waals surface area contributed by atoms with Gasteiger partial charge < -0.3 is 9.32 Å². The molecular weight excluding hydrogens is 362 g/mol. The Morgan fingerprint density at radius 3 is 2.44 bits per heavy atom. The van der Waals surface area contributed by atoms with E-state index in [-0.39, 0.29) is 16.9 Å². The van der Waals surface area contributed by atoms with Gasteiger partial charge in [-0.15, -0.1) is 0 Å². The van der Waals surface area contributed by atoms with Gasteiger partial charge in [0.1, 0.15) is 11.5 Å². The van der Waals surface area contributed by atoms with Gasteiger partial charge in [0.25, 0.3) is 0 Å². The quantitative estimate of drug-likeness (QED) is 0.647. The number of unbranched alkanes of at least 4 members (excludes halogenated alkanes) is 1. The summed E-state index contributed by atoms with van der Waals surface area (Å²) in [5.41, 5.74) is 1.30. The van der Waals surface area contributed by atoms with E-state index in [0.29, 0.717) is 38.1 Å². The summed E-state index contributed by atoms with van der Waals surface area (Å²) in [6, 6.07) is 13.7. The van der Waals surface area contributed by atoms with Crippen molar-refractivity contribution in [3.05, 3.63) is 60.1 Å². The maximum atomic E-state index is 12.5. The second kappa shape index (κ2) is 9.22. The SMILES string of the molecule is O=C(CCCCc1ccccc1)N1CCC(S(=O)(=O)Cc2ccco2)CC1. The van der Waals surface area contributed by atoms with E-state index in [0.717, 1.165) is 19.3 Å². The van der Waals surface area contributed by atoms with Crippen molar-refractivity contribution in [1.82, 2.24) is 4.90 Å². The maximum absolute atomic E-state index is 12.5. The van der Waals surface area contributed by atoms with Gasteiger partial charge in [0.05, 0.1) is 11.5 Å². The fraction of sp³-hybridized carbons (Fsp3) is 0.476. The van der Waals surface area contributed by atoms with E-state index < -0.39 is 9.84 Å². The first kappa shape index (κ1) is 19.7. The number of carbonyl (C=O) groups is 1. The first-order valence-corrected chi connectivity index (χ1v) is 11.3. The molecule has 1 amide bonds. The van der Waals surface area contributed by atoms with Gasteiger partial charge in [-0.1, -0.05) is 30.3 Å². The van der Waals surface area contributed by atoms with E-state index in [1.165, 1.54) is 11.8 Å². The molecule has 0 atom stereocenters.